The van der Waals surface area contributed by atoms with Gasteiger partial charge in [0, 0.05) is 0 Å². The van der Waals surface area contributed by atoms with Crippen molar-refractivity contribution in [2.24, 2.45) is 0 Å². The molecule has 0 saturated heterocycles. The van der Waals surface area contributed by atoms with Gasteiger partial charge in [0.2, 0.25) is 0 Å². The molecule has 2 aromatic rings. The zero-order valence-corrected chi connectivity index (χ0v) is 8.98. The summed E-state index contributed by atoms with van der Waals surface area (Å²) in [6.07, 6.45) is 0. The van der Waals surface area contributed by atoms with Crippen molar-refractivity contribution < 1.29 is 8.91 Å². The second kappa shape index (κ2) is 4.22. The lowest BCUT2D eigenvalue weighted by molar-refractivity contribution is 0.375. The highest BCUT2D eigenvalue weighted by atomic mass is 19.1. The Labute approximate surface area is 95.7 Å². The molecular formula is C11H8FN3O2. The van der Waals surface area contributed by atoms with Crippen LogP contribution >= 0.6 is 0 Å². The van der Waals surface area contributed by atoms with E-state index in [4.69, 9.17) is 5.26 Å². The second-order valence-corrected chi connectivity index (χ2v) is 3.50. The van der Waals surface area contributed by atoms with Crippen LogP contribution < -0.4 is 5.76 Å². The van der Waals surface area contributed by atoms with Crippen LogP contribution in [0.1, 0.15) is 17.0 Å². The summed E-state index contributed by atoms with van der Waals surface area (Å²) in [5.41, 5.74) is 0.736. The number of nitriles is 1. The van der Waals surface area contributed by atoms with Crippen molar-refractivity contribution in [1.82, 2.24) is 9.72 Å². The van der Waals surface area contributed by atoms with Crippen LogP contribution in [0.15, 0.2) is 27.5 Å². The minimum atomic E-state index is -0.601. The SMILES string of the molecule is Cc1noc(=O)n1Cc1ccc(F)cc1C#N. The van der Waals surface area contributed by atoms with Crippen molar-refractivity contribution in [3.63, 3.8) is 0 Å². The van der Waals surface area contributed by atoms with Crippen molar-refractivity contribution in [1.29, 1.82) is 5.26 Å². The number of nitrogens with zero attached hydrogens (tertiary/aromatic N) is 3. The molecule has 0 atom stereocenters. The fraction of sp³-hybridized carbons (Fsp3) is 0.182. The zero-order valence-electron chi connectivity index (χ0n) is 8.98. The van der Waals surface area contributed by atoms with Gasteiger partial charge in [0.25, 0.3) is 0 Å². The van der Waals surface area contributed by atoms with Crippen molar-refractivity contribution in [2.75, 3.05) is 0 Å². The highest BCUT2D eigenvalue weighted by molar-refractivity contribution is 5.38. The molecule has 5 nitrogen and oxygen atoms in total. The summed E-state index contributed by atoms with van der Waals surface area (Å²) >= 11 is 0. The summed E-state index contributed by atoms with van der Waals surface area (Å²) in [7, 11) is 0. The molecular weight excluding hydrogens is 225 g/mol. The molecule has 0 saturated carbocycles. The molecule has 2 rings (SSSR count). The first-order valence-electron chi connectivity index (χ1n) is 4.83. The minimum Gasteiger partial charge on any atom is -0.296 e. The van der Waals surface area contributed by atoms with Crippen molar-refractivity contribution >= 4 is 0 Å². The maximum atomic E-state index is 12.9. The van der Waals surface area contributed by atoms with Crippen LogP contribution in [0.2, 0.25) is 0 Å². The third-order valence-electron chi connectivity index (χ3n) is 2.39. The Kier molecular flexibility index (Phi) is 2.75. The molecule has 0 unspecified atom stereocenters. The predicted octanol–water partition coefficient (Wildman–Crippen LogP) is 1.20. The number of hydrogen-bond acceptors (Lipinski definition) is 4. The van der Waals surface area contributed by atoms with E-state index in [0.717, 1.165) is 6.07 Å². The van der Waals surface area contributed by atoms with E-state index in [0.29, 0.717) is 11.4 Å². The summed E-state index contributed by atoms with van der Waals surface area (Å²) in [6, 6.07) is 5.71. The Morgan fingerprint density at radius 1 is 1.59 bits per heavy atom. The molecule has 0 fully saturated rings. The molecule has 1 heterocycles. The summed E-state index contributed by atoms with van der Waals surface area (Å²) in [5, 5.41) is 12.4. The van der Waals surface area contributed by atoms with Crippen molar-refractivity contribution in [3.8, 4) is 6.07 Å². The average molecular weight is 233 g/mol. The number of aryl methyl sites for hydroxylation is 1. The largest absolute Gasteiger partial charge is 0.441 e. The Morgan fingerprint density at radius 3 is 2.94 bits per heavy atom. The fourth-order valence-corrected chi connectivity index (χ4v) is 1.48. The van der Waals surface area contributed by atoms with Gasteiger partial charge in [-0.3, -0.25) is 9.09 Å². The van der Waals surface area contributed by atoms with E-state index in [2.05, 4.69) is 9.68 Å². The van der Waals surface area contributed by atoms with Gasteiger partial charge in [0.1, 0.15) is 5.82 Å². The molecule has 0 N–H and O–H groups in total. The van der Waals surface area contributed by atoms with E-state index < -0.39 is 11.6 Å². The molecule has 0 bridgehead atoms. The highest BCUT2D eigenvalue weighted by Crippen LogP contribution is 2.11. The number of aromatic nitrogens is 2. The minimum absolute atomic E-state index is 0.136. The molecule has 0 aliphatic rings. The van der Waals surface area contributed by atoms with E-state index in [1.54, 1.807) is 6.92 Å². The standard InChI is InChI=1S/C11H8FN3O2/c1-7-14-17-11(16)15(7)6-8-2-3-10(12)4-9(8)5-13/h2-4H,6H2,1H3. The first-order chi connectivity index (χ1) is 8.11. The molecule has 1 aromatic carbocycles. The molecule has 0 aliphatic heterocycles. The van der Waals surface area contributed by atoms with Gasteiger partial charge in [-0.05, 0) is 24.6 Å². The predicted molar refractivity (Wildman–Crippen MR) is 55.7 cm³/mol. The summed E-state index contributed by atoms with van der Waals surface area (Å²) in [6.45, 7) is 1.75. The topological polar surface area (TPSA) is 71.8 Å². The van der Waals surface area contributed by atoms with E-state index in [9.17, 15) is 9.18 Å². The van der Waals surface area contributed by atoms with Crippen LogP contribution in [-0.4, -0.2) is 9.72 Å². The average Bonchev–Trinajstić information content (AvgIpc) is 2.62. The smallest absolute Gasteiger partial charge is 0.296 e. The first-order valence-corrected chi connectivity index (χ1v) is 4.83. The Balaban J connectivity index is 2.44. The van der Waals surface area contributed by atoms with E-state index in [1.807, 2.05) is 6.07 Å². The summed E-state index contributed by atoms with van der Waals surface area (Å²) in [5.74, 6) is -0.682. The van der Waals surface area contributed by atoms with Gasteiger partial charge in [-0.25, -0.2) is 9.18 Å². The van der Waals surface area contributed by atoms with Crippen molar-refractivity contribution in [2.45, 2.75) is 13.5 Å². The lowest BCUT2D eigenvalue weighted by atomic mass is 10.1. The Morgan fingerprint density at radius 2 is 2.35 bits per heavy atom. The van der Waals surface area contributed by atoms with Gasteiger partial charge >= 0.3 is 5.76 Å². The summed E-state index contributed by atoms with van der Waals surface area (Å²) < 4.78 is 18.7. The summed E-state index contributed by atoms with van der Waals surface area (Å²) in [4.78, 5) is 11.3. The van der Waals surface area contributed by atoms with E-state index >= 15 is 0 Å². The van der Waals surface area contributed by atoms with Gasteiger partial charge in [0.05, 0.1) is 18.2 Å². The third-order valence-corrected chi connectivity index (χ3v) is 2.39. The highest BCUT2D eigenvalue weighted by Gasteiger charge is 2.10. The maximum Gasteiger partial charge on any atom is 0.441 e. The van der Waals surface area contributed by atoms with Crippen LogP contribution in [0.25, 0.3) is 0 Å². The van der Waals surface area contributed by atoms with Crippen LogP contribution in [0.4, 0.5) is 4.39 Å². The monoisotopic (exact) mass is 233 g/mol. The lowest BCUT2D eigenvalue weighted by Gasteiger charge is -2.04. The van der Waals surface area contributed by atoms with Crippen LogP contribution in [0.3, 0.4) is 0 Å². The van der Waals surface area contributed by atoms with E-state index in [-0.39, 0.29) is 12.1 Å². The fourth-order valence-electron chi connectivity index (χ4n) is 1.48. The van der Waals surface area contributed by atoms with Crippen LogP contribution in [0, 0.1) is 24.1 Å². The van der Waals surface area contributed by atoms with Crippen molar-refractivity contribution in [3.05, 3.63) is 51.5 Å². The molecule has 1 aromatic heterocycles. The van der Waals surface area contributed by atoms with Crippen LogP contribution in [0.5, 0.6) is 0 Å². The normalized spacial score (nSPS) is 10.2. The zero-order chi connectivity index (χ0) is 12.4. The number of hydrogen-bond donors (Lipinski definition) is 0. The van der Waals surface area contributed by atoms with Gasteiger partial charge in [-0.1, -0.05) is 11.2 Å². The van der Waals surface area contributed by atoms with E-state index in [1.165, 1.54) is 16.7 Å². The number of halogens is 1. The molecule has 0 radical (unpaired) electrons. The van der Waals surface area contributed by atoms with Gasteiger partial charge in [-0.2, -0.15) is 5.26 Å². The van der Waals surface area contributed by atoms with Gasteiger partial charge in [-0.15, -0.1) is 0 Å². The Bertz CT molecular complexity index is 651. The molecule has 0 amide bonds. The molecule has 0 aliphatic carbocycles. The molecule has 86 valence electrons. The molecule has 6 heteroatoms. The van der Waals surface area contributed by atoms with Gasteiger partial charge in [0.15, 0.2) is 5.82 Å². The lowest BCUT2D eigenvalue weighted by Crippen LogP contribution is -2.17. The van der Waals surface area contributed by atoms with Gasteiger partial charge < -0.3 is 0 Å². The second-order valence-electron chi connectivity index (χ2n) is 3.50. The third kappa shape index (κ3) is 2.08. The quantitative estimate of drug-likeness (QED) is 0.781. The first kappa shape index (κ1) is 11.1. The number of rotatable bonds is 2. The number of benzene rings is 1. The molecule has 17 heavy (non-hydrogen) atoms. The molecule has 0 spiro atoms. The maximum absolute atomic E-state index is 12.9. The van der Waals surface area contributed by atoms with Crippen LogP contribution in [-0.2, 0) is 6.54 Å². The Hall–Kier alpha value is -2.42.